The fraction of sp³-hybridized carbons (Fsp3) is 0.233. The van der Waals surface area contributed by atoms with Gasteiger partial charge in [-0.2, -0.15) is 13.2 Å². The Morgan fingerprint density at radius 1 is 0.897 bits per heavy atom. The summed E-state index contributed by atoms with van der Waals surface area (Å²) < 4.78 is 39.8. The van der Waals surface area contributed by atoms with E-state index in [0.717, 1.165) is 34.4 Å². The Morgan fingerprint density at radius 3 is 2.38 bits per heavy atom. The highest BCUT2D eigenvalue weighted by Gasteiger charge is 2.64. The molecule has 39 heavy (non-hydrogen) atoms. The van der Waals surface area contributed by atoms with Crippen LogP contribution in [-0.4, -0.2) is 28.7 Å². The van der Waals surface area contributed by atoms with Crippen molar-refractivity contribution in [3.8, 4) is 0 Å². The molecule has 3 aromatic carbocycles. The van der Waals surface area contributed by atoms with Gasteiger partial charge in [0.25, 0.3) is 0 Å². The van der Waals surface area contributed by atoms with E-state index in [0.29, 0.717) is 5.69 Å². The molecule has 0 saturated carbocycles. The van der Waals surface area contributed by atoms with Crippen LogP contribution in [-0.2, 0) is 20.6 Å². The quantitative estimate of drug-likeness (QED) is 0.455. The zero-order chi connectivity index (χ0) is 27.6. The molecule has 0 aliphatic carbocycles. The molecule has 2 fully saturated rings. The Balaban J connectivity index is 1.43. The van der Waals surface area contributed by atoms with Crippen molar-refractivity contribution in [3.05, 3.63) is 101 Å². The van der Waals surface area contributed by atoms with Gasteiger partial charge in [0, 0.05) is 11.9 Å². The molecule has 3 heterocycles. The van der Waals surface area contributed by atoms with E-state index in [2.05, 4.69) is 5.32 Å². The number of hydrogen-bond donors (Lipinski definition) is 1. The largest absolute Gasteiger partial charge is 0.416 e. The third-order valence-electron chi connectivity index (χ3n) is 7.78. The van der Waals surface area contributed by atoms with Crippen LogP contribution in [0.25, 0.3) is 6.08 Å². The summed E-state index contributed by atoms with van der Waals surface area (Å²) in [7, 11) is 0. The van der Waals surface area contributed by atoms with Gasteiger partial charge in [0.2, 0.25) is 17.7 Å². The molecular weight excluding hydrogens is 507 g/mol. The van der Waals surface area contributed by atoms with Crippen molar-refractivity contribution in [3.63, 3.8) is 0 Å². The molecule has 1 N–H and O–H groups in total. The van der Waals surface area contributed by atoms with Crippen LogP contribution in [0.15, 0.2) is 72.9 Å². The predicted octanol–water partition coefficient (Wildman–Crippen LogP) is 5.48. The first-order chi connectivity index (χ1) is 18.6. The Hall–Kier alpha value is -4.40. The minimum atomic E-state index is -4.58. The van der Waals surface area contributed by atoms with E-state index in [1.54, 1.807) is 17.2 Å². The Labute approximate surface area is 222 Å². The summed E-state index contributed by atoms with van der Waals surface area (Å²) >= 11 is 0. The second-order valence-corrected chi connectivity index (χ2v) is 10.2. The number of aryl methyl sites for hydroxylation is 2. The predicted molar refractivity (Wildman–Crippen MR) is 139 cm³/mol. The minimum Gasteiger partial charge on any atom is -0.357 e. The second kappa shape index (κ2) is 8.83. The van der Waals surface area contributed by atoms with Crippen LogP contribution in [0.2, 0.25) is 0 Å². The van der Waals surface area contributed by atoms with E-state index < -0.39 is 53.4 Å². The number of hydrogen-bond acceptors (Lipinski definition) is 4. The zero-order valence-corrected chi connectivity index (χ0v) is 21.1. The topological polar surface area (TPSA) is 69.7 Å². The Bertz CT molecular complexity index is 1560. The molecule has 0 bridgehead atoms. The monoisotopic (exact) mass is 531 g/mol. The number of anilines is 2. The molecular formula is C30H24F3N3O3. The molecule has 198 valence electrons. The van der Waals surface area contributed by atoms with Crippen LogP contribution in [0, 0.1) is 25.7 Å². The van der Waals surface area contributed by atoms with Crippen LogP contribution < -0.4 is 10.2 Å². The Morgan fingerprint density at radius 2 is 1.64 bits per heavy atom. The fourth-order valence-corrected chi connectivity index (χ4v) is 6.14. The average molecular weight is 532 g/mol. The zero-order valence-electron chi connectivity index (χ0n) is 21.1. The van der Waals surface area contributed by atoms with Crippen LogP contribution in [0.1, 0.15) is 33.9 Å². The van der Waals surface area contributed by atoms with Gasteiger partial charge in [-0.05, 0) is 60.9 Å². The van der Waals surface area contributed by atoms with Gasteiger partial charge < -0.3 is 10.2 Å². The molecule has 6 nitrogen and oxygen atoms in total. The van der Waals surface area contributed by atoms with Crippen molar-refractivity contribution in [2.45, 2.75) is 32.1 Å². The van der Waals surface area contributed by atoms with E-state index in [1.807, 2.05) is 56.3 Å². The standard InChI is InChI=1S/C30H24F3N3O3/c1-16-10-11-22(17(2)14-16)36-28(38)23-24(29(36)39)26(35-13-12-18-6-3-4-9-21(18)25(23)35)27(37)34-20-8-5-7-19(15-20)30(31,32)33/h3-15,23-26H,1-2H3,(H,34,37)/t23-,24-,25+,26+/m1/s1. The van der Waals surface area contributed by atoms with Crippen LogP contribution in [0.4, 0.5) is 24.5 Å². The van der Waals surface area contributed by atoms with Crippen LogP contribution in [0.3, 0.4) is 0 Å². The van der Waals surface area contributed by atoms with E-state index in [1.165, 1.54) is 17.0 Å². The van der Waals surface area contributed by atoms with Gasteiger partial charge in [-0.1, -0.05) is 48.0 Å². The Kier molecular flexibility index (Phi) is 5.64. The first kappa shape index (κ1) is 24.9. The van der Waals surface area contributed by atoms with Crippen molar-refractivity contribution in [1.82, 2.24) is 4.90 Å². The normalized spacial score (nSPS) is 23.5. The van der Waals surface area contributed by atoms with E-state index in [9.17, 15) is 27.6 Å². The van der Waals surface area contributed by atoms with Gasteiger partial charge in [0.05, 0.1) is 29.1 Å². The van der Waals surface area contributed by atoms with Crippen molar-refractivity contribution in [1.29, 1.82) is 0 Å². The van der Waals surface area contributed by atoms with Gasteiger partial charge in [-0.25, -0.2) is 4.90 Å². The number of fused-ring (bicyclic) bond motifs is 5. The maximum Gasteiger partial charge on any atom is 0.416 e. The smallest absolute Gasteiger partial charge is 0.357 e. The first-order valence-corrected chi connectivity index (χ1v) is 12.5. The van der Waals surface area contributed by atoms with Crippen molar-refractivity contribution < 1.29 is 27.6 Å². The van der Waals surface area contributed by atoms with Crippen LogP contribution in [0.5, 0.6) is 0 Å². The number of nitrogens with zero attached hydrogens (tertiary/aromatic N) is 2. The van der Waals surface area contributed by atoms with Gasteiger partial charge in [0.15, 0.2) is 0 Å². The number of carbonyl (C=O) groups excluding carboxylic acids is 3. The lowest BCUT2D eigenvalue weighted by Crippen LogP contribution is -2.46. The van der Waals surface area contributed by atoms with Gasteiger partial charge in [-0.3, -0.25) is 14.4 Å². The van der Waals surface area contributed by atoms with Gasteiger partial charge >= 0.3 is 6.18 Å². The van der Waals surface area contributed by atoms with Crippen molar-refractivity contribution >= 4 is 35.2 Å². The second-order valence-electron chi connectivity index (χ2n) is 10.2. The molecule has 3 aliphatic rings. The summed E-state index contributed by atoms with van der Waals surface area (Å²) in [6.45, 7) is 3.73. The summed E-state index contributed by atoms with van der Waals surface area (Å²) in [6.07, 6.45) is -1.07. The van der Waals surface area contributed by atoms with E-state index >= 15 is 0 Å². The molecule has 0 spiro atoms. The summed E-state index contributed by atoms with van der Waals surface area (Å²) in [5, 5.41) is 2.58. The third-order valence-corrected chi connectivity index (χ3v) is 7.78. The highest BCUT2D eigenvalue weighted by Crippen LogP contribution is 2.53. The summed E-state index contributed by atoms with van der Waals surface area (Å²) in [4.78, 5) is 44.6. The van der Waals surface area contributed by atoms with Gasteiger partial charge in [0.1, 0.15) is 6.04 Å². The number of carbonyl (C=O) groups is 3. The third kappa shape index (κ3) is 3.91. The average Bonchev–Trinajstić information content (AvgIpc) is 3.37. The number of benzene rings is 3. The first-order valence-electron chi connectivity index (χ1n) is 12.5. The number of amides is 3. The number of halogens is 3. The lowest BCUT2D eigenvalue weighted by molar-refractivity contribution is -0.137. The van der Waals surface area contributed by atoms with Crippen LogP contribution >= 0.6 is 0 Å². The number of alkyl halides is 3. The molecule has 3 amide bonds. The number of imide groups is 1. The molecule has 0 unspecified atom stereocenters. The summed E-state index contributed by atoms with van der Waals surface area (Å²) in [6, 6.07) is 15.6. The lowest BCUT2D eigenvalue weighted by Gasteiger charge is -2.35. The molecule has 0 aromatic heterocycles. The molecule has 0 radical (unpaired) electrons. The maximum absolute atomic E-state index is 14.0. The van der Waals surface area contributed by atoms with Gasteiger partial charge in [-0.15, -0.1) is 0 Å². The highest BCUT2D eigenvalue weighted by atomic mass is 19.4. The van der Waals surface area contributed by atoms with Crippen molar-refractivity contribution in [2.75, 3.05) is 10.2 Å². The molecule has 3 aliphatic heterocycles. The van der Waals surface area contributed by atoms with E-state index in [4.69, 9.17) is 0 Å². The summed E-state index contributed by atoms with van der Waals surface area (Å²) in [5.41, 5.74) is 2.94. The molecule has 9 heteroatoms. The van der Waals surface area contributed by atoms with E-state index in [-0.39, 0.29) is 5.69 Å². The molecule has 4 atom stereocenters. The SMILES string of the molecule is Cc1ccc(N2C(=O)[C@@H]3[C@@H](C2=O)[C@@H]2c4ccccc4C=CN2[C@@H]3C(=O)Nc2cccc(C(F)(F)F)c2)c(C)c1. The maximum atomic E-state index is 14.0. The highest BCUT2D eigenvalue weighted by molar-refractivity contribution is 6.24. The van der Waals surface area contributed by atoms with Crippen molar-refractivity contribution in [2.24, 2.45) is 11.8 Å². The number of rotatable bonds is 3. The fourth-order valence-electron chi connectivity index (χ4n) is 6.14. The molecule has 6 rings (SSSR count). The minimum absolute atomic E-state index is 0.0424. The molecule has 2 saturated heterocycles. The lowest BCUT2D eigenvalue weighted by atomic mass is 9.84. The number of nitrogens with one attached hydrogen (secondary N) is 1. The summed E-state index contributed by atoms with van der Waals surface area (Å²) in [5.74, 6) is -3.42. The molecule has 3 aromatic rings.